The SMILES string of the molecule is CN1CC[C@H](OC(=O)N2CCC(C)(C)C2)C1. The lowest BCUT2D eigenvalue weighted by Crippen LogP contribution is -2.34. The Morgan fingerprint density at radius 1 is 1.38 bits per heavy atom. The molecule has 0 aromatic heterocycles. The highest BCUT2D eigenvalue weighted by atomic mass is 16.6. The van der Waals surface area contributed by atoms with Crippen molar-refractivity contribution in [1.29, 1.82) is 0 Å². The third kappa shape index (κ3) is 2.67. The van der Waals surface area contributed by atoms with Crippen molar-refractivity contribution in [1.82, 2.24) is 9.80 Å². The highest BCUT2D eigenvalue weighted by Gasteiger charge is 2.34. The molecule has 92 valence electrons. The predicted molar refractivity (Wildman–Crippen MR) is 62.4 cm³/mol. The zero-order chi connectivity index (χ0) is 11.8. The average molecular weight is 226 g/mol. The Morgan fingerprint density at radius 3 is 2.62 bits per heavy atom. The van der Waals surface area contributed by atoms with Gasteiger partial charge < -0.3 is 14.5 Å². The maximum absolute atomic E-state index is 11.9. The summed E-state index contributed by atoms with van der Waals surface area (Å²) in [7, 11) is 2.06. The predicted octanol–water partition coefficient (Wildman–Crippen LogP) is 1.56. The fourth-order valence-corrected chi connectivity index (χ4v) is 2.48. The van der Waals surface area contributed by atoms with Crippen LogP contribution >= 0.6 is 0 Å². The van der Waals surface area contributed by atoms with Crippen LogP contribution in [0.2, 0.25) is 0 Å². The molecule has 0 N–H and O–H groups in total. The number of amides is 1. The molecule has 0 spiro atoms. The second-order valence-corrected chi connectivity index (χ2v) is 5.89. The lowest BCUT2D eigenvalue weighted by Gasteiger charge is -2.21. The number of likely N-dealkylation sites (tertiary alicyclic amines) is 2. The monoisotopic (exact) mass is 226 g/mol. The minimum absolute atomic E-state index is 0.0983. The molecule has 0 aromatic carbocycles. The van der Waals surface area contributed by atoms with Crippen molar-refractivity contribution in [2.24, 2.45) is 5.41 Å². The van der Waals surface area contributed by atoms with Crippen molar-refractivity contribution in [2.45, 2.75) is 32.8 Å². The standard InChI is InChI=1S/C12H22N2O2/c1-12(2)5-7-14(9-12)11(15)16-10-4-6-13(3)8-10/h10H,4-9H2,1-3H3/t10-/m0/s1. The van der Waals surface area contributed by atoms with Crippen LogP contribution in [-0.4, -0.2) is 55.2 Å². The van der Waals surface area contributed by atoms with Gasteiger partial charge in [-0.05, 0) is 25.3 Å². The summed E-state index contributed by atoms with van der Waals surface area (Å²) >= 11 is 0. The number of hydrogen-bond donors (Lipinski definition) is 0. The maximum Gasteiger partial charge on any atom is 0.410 e. The van der Waals surface area contributed by atoms with Gasteiger partial charge in [0, 0.05) is 26.2 Å². The van der Waals surface area contributed by atoms with Gasteiger partial charge in [0.2, 0.25) is 0 Å². The van der Waals surface area contributed by atoms with Gasteiger partial charge in [-0.2, -0.15) is 0 Å². The first-order valence-electron chi connectivity index (χ1n) is 6.10. The molecule has 2 rings (SSSR count). The van der Waals surface area contributed by atoms with Gasteiger partial charge in [0.05, 0.1) is 0 Å². The fourth-order valence-electron chi connectivity index (χ4n) is 2.48. The molecule has 2 aliphatic rings. The molecule has 0 aliphatic carbocycles. The molecule has 2 saturated heterocycles. The van der Waals surface area contributed by atoms with Crippen LogP contribution in [-0.2, 0) is 4.74 Å². The van der Waals surface area contributed by atoms with E-state index in [2.05, 4.69) is 25.8 Å². The summed E-state index contributed by atoms with van der Waals surface area (Å²) in [6.07, 6.45) is 2.03. The molecule has 4 nitrogen and oxygen atoms in total. The van der Waals surface area contributed by atoms with Crippen molar-refractivity contribution in [2.75, 3.05) is 33.2 Å². The third-order valence-corrected chi connectivity index (χ3v) is 3.55. The molecule has 0 unspecified atom stereocenters. The summed E-state index contributed by atoms with van der Waals surface area (Å²) in [5.41, 5.74) is 0.255. The number of likely N-dealkylation sites (N-methyl/N-ethyl adjacent to an activating group) is 1. The molecule has 0 bridgehead atoms. The first-order chi connectivity index (χ1) is 7.46. The van der Waals surface area contributed by atoms with E-state index in [1.165, 1.54) is 0 Å². The Morgan fingerprint density at radius 2 is 2.12 bits per heavy atom. The Hall–Kier alpha value is -0.770. The topological polar surface area (TPSA) is 32.8 Å². The van der Waals surface area contributed by atoms with Crippen LogP contribution in [0.1, 0.15) is 26.7 Å². The molecule has 0 saturated carbocycles. The Bertz CT molecular complexity index is 278. The van der Waals surface area contributed by atoms with Crippen molar-refractivity contribution >= 4 is 6.09 Å². The summed E-state index contributed by atoms with van der Waals surface area (Å²) in [4.78, 5) is 15.9. The highest BCUT2D eigenvalue weighted by molar-refractivity contribution is 5.68. The summed E-state index contributed by atoms with van der Waals surface area (Å²) in [6.45, 7) is 7.97. The molecule has 4 heteroatoms. The van der Waals surface area contributed by atoms with Gasteiger partial charge in [-0.15, -0.1) is 0 Å². The van der Waals surface area contributed by atoms with Gasteiger partial charge in [0.1, 0.15) is 6.10 Å². The van der Waals surface area contributed by atoms with E-state index in [1.807, 2.05) is 4.90 Å². The molecule has 0 radical (unpaired) electrons. The molecule has 2 aliphatic heterocycles. The summed E-state index contributed by atoms with van der Waals surface area (Å²) in [5, 5.41) is 0. The van der Waals surface area contributed by atoms with Crippen LogP contribution in [0.5, 0.6) is 0 Å². The van der Waals surface area contributed by atoms with E-state index >= 15 is 0 Å². The van der Waals surface area contributed by atoms with Crippen LogP contribution in [0.4, 0.5) is 4.79 Å². The number of hydrogen-bond acceptors (Lipinski definition) is 3. The van der Waals surface area contributed by atoms with Crippen LogP contribution in [0.15, 0.2) is 0 Å². The van der Waals surface area contributed by atoms with Gasteiger partial charge in [0.15, 0.2) is 0 Å². The quantitative estimate of drug-likeness (QED) is 0.680. The van der Waals surface area contributed by atoms with Crippen LogP contribution in [0, 0.1) is 5.41 Å². The lowest BCUT2D eigenvalue weighted by atomic mass is 9.93. The molecule has 1 atom stereocenters. The normalized spacial score (nSPS) is 29.7. The Balaban J connectivity index is 1.80. The molecular formula is C12H22N2O2. The average Bonchev–Trinajstić information content (AvgIpc) is 2.72. The molecule has 16 heavy (non-hydrogen) atoms. The smallest absolute Gasteiger partial charge is 0.410 e. The zero-order valence-corrected chi connectivity index (χ0v) is 10.5. The minimum Gasteiger partial charge on any atom is -0.445 e. The van der Waals surface area contributed by atoms with Crippen LogP contribution in [0.3, 0.4) is 0 Å². The fraction of sp³-hybridized carbons (Fsp3) is 0.917. The summed E-state index contributed by atoms with van der Waals surface area (Å²) < 4.78 is 5.50. The first-order valence-corrected chi connectivity index (χ1v) is 6.10. The van der Waals surface area contributed by atoms with Gasteiger partial charge in [0.25, 0.3) is 0 Å². The largest absolute Gasteiger partial charge is 0.445 e. The van der Waals surface area contributed by atoms with Crippen molar-refractivity contribution in [3.05, 3.63) is 0 Å². The molecule has 1 amide bonds. The lowest BCUT2D eigenvalue weighted by molar-refractivity contribution is 0.0706. The first kappa shape index (κ1) is 11.7. The van der Waals surface area contributed by atoms with E-state index in [-0.39, 0.29) is 17.6 Å². The van der Waals surface area contributed by atoms with E-state index in [0.717, 1.165) is 39.0 Å². The van der Waals surface area contributed by atoms with Crippen molar-refractivity contribution in [3.63, 3.8) is 0 Å². The second kappa shape index (κ2) is 4.24. The molecule has 2 heterocycles. The van der Waals surface area contributed by atoms with E-state index in [4.69, 9.17) is 4.74 Å². The van der Waals surface area contributed by atoms with Crippen molar-refractivity contribution in [3.8, 4) is 0 Å². The maximum atomic E-state index is 11.9. The minimum atomic E-state index is -0.120. The third-order valence-electron chi connectivity index (χ3n) is 3.55. The Kier molecular flexibility index (Phi) is 3.10. The van der Waals surface area contributed by atoms with E-state index in [0.29, 0.717) is 0 Å². The Labute approximate surface area is 97.5 Å². The number of rotatable bonds is 1. The van der Waals surface area contributed by atoms with E-state index in [9.17, 15) is 4.79 Å². The van der Waals surface area contributed by atoms with Crippen LogP contribution in [0.25, 0.3) is 0 Å². The summed E-state index contributed by atoms with van der Waals surface area (Å²) in [5.74, 6) is 0. The zero-order valence-electron chi connectivity index (χ0n) is 10.5. The van der Waals surface area contributed by atoms with Gasteiger partial charge >= 0.3 is 6.09 Å². The van der Waals surface area contributed by atoms with Gasteiger partial charge in [-0.25, -0.2) is 4.79 Å². The molecular weight excluding hydrogens is 204 g/mol. The van der Waals surface area contributed by atoms with Gasteiger partial charge in [-0.1, -0.05) is 13.8 Å². The van der Waals surface area contributed by atoms with E-state index in [1.54, 1.807) is 0 Å². The van der Waals surface area contributed by atoms with E-state index < -0.39 is 0 Å². The number of nitrogens with zero attached hydrogens (tertiary/aromatic N) is 2. The number of ether oxygens (including phenoxy) is 1. The molecule has 2 fully saturated rings. The molecule has 0 aromatic rings. The van der Waals surface area contributed by atoms with Crippen LogP contribution < -0.4 is 0 Å². The van der Waals surface area contributed by atoms with Gasteiger partial charge in [-0.3, -0.25) is 0 Å². The second-order valence-electron chi connectivity index (χ2n) is 5.89. The highest BCUT2D eigenvalue weighted by Crippen LogP contribution is 2.29. The summed E-state index contributed by atoms with van der Waals surface area (Å²) in [6, 6.07) is 0. The number of carbonyl (C=O) groups is 1. The van der Waals surface area contributed by atoms with Crippen molar-refractivity contribution < 1.29 is 9.53 Å². The number of carbonyl (C=O) groups excluding carboxylic acids is 1.